The molecule has 4 nitrogen and oxygen atoms in total. The fourth-order valence-electron chi connectivity index (χ4n) is 3.46. The predicted octanol–water partition coefficient (Wildman–Crippen LogP) is 5.15. The van der Waals surface area contributed by atoms with Crippen LogP contribution in [0, 0.1) is 26.6 Å². The van der Waals surface area contributed by atoms with Gasteiger partial charge in [-0.1, -0.05) is 42.0 Å². The number of nitrogens with one attached hydrogen (secondary N) is 1. The number of carbonyl (C=O) groups excluding carboxylic acids is 2. The van der Waals surface area contributed by atoms with Crippen LogP contribution in [0.15, 0.2) is 72.4 Å². The van der Waals surface area contributed by atoms with Gasteiger partial charge in [0.25, 0.3) is 11.8 Å². The van der Waals surface area contributed by atoms with Gasteiger partial charge in [-0.15, -0.1) is 0 Å². The van der Waals surface area contributed by atoms with Gasteiger partial charge in [0, 0.05) is 5.69 Å². The maximum Gasteiger partial charge on any atom is 0.282 e. The second-order valence-electron chi connectivity index (χ2n) is 7.48. The van der Waals surface area contributed by atoms with E-state index in [0.717, 1.165) is 27.3 Å². The van der Waals surface area contributed by atoms with Gasteiger partial charge in [-0.25, -0.2) is 9.29 Å². The molecule has 0 spiro atoms. The number of rotatable bonds is 4. The molecule has 1 aliphatic rings. The van der Waals surface area contributed by atoms with Crippen LogP contribution in [-0.2, 0) is 9.59 Å². The summed E-state index contributed by atoms with van der Waals surface area (Å²) in [7, 11) is 0. The van der Waals surface area contributed by atoms with E-state index in [0.29, 0.717) is 11.3 Å². The zero-order valence-corrected chi connectivity index (χ0v) is 17.0. The second-order valence-corrected chi connectivity index (χ2v) is 7.48. The molecule has 1 heterocycles. The highest BCUT2D eigenvalue weighted by molar-refractivity contribution is 6.46. The fraction of sp³-hybridized carbons (Fsp3) is 0.120. The third kappa shape index (κ3) is 3.50. The van der Waals surface area contributed by atoms with Crippen LogP contribution in [0.4, 0.5) is 15.8 Å². The van der Waals surface area contributed by atoms with E-state index in [1.54, 1.807) is 12.1 Å². The molecule has 0 aromatic heterocycles. The van der Waals surface area contributed by atoms with Gasteiger partial charge in [-0.05, 0) is 67.8 Å². The zero-order valence-electron chi connectivity index (χ0n) is 17.0. The average Bonchev–Trinajstić information content (AvgIpc) is 2.96. The third-order valence-corrected chi connectivity index (χ3v) is 5.16. The Balaban J connectivity index is 1.84. The third-order valence-electron chi connectivity index (χ3n) is 5.16. The summed E-state index contributed by atoms with van der Waals surface area (Å²) in [5.41, 5.74) is 5.13. The molecule has 4 rings (SSSR count). The molecule has 0 unspecified atom stereocenters. The highest BCUT2D eigenvalue weighted by Gasteiger charge is 2.40. The van der Waals surface area contributed by atoms with Crippen molar-refractivity contribution in [1.29, 1.82) is 0 Å². The molecule has 1 N–H and O–H groups in total. The Morgan fingerprint density at radius 2 is 1.40 bits per heavy atom. The van der Waals surface area contributed by atoms with Crippen LogP contribution in [0.25, 0.3) is 5.57 Å². The Kier molecular flexibility index (Phi) is 4.96. The summed E-state index contributed by atoms with van der Waals surface area (Å²) in [4.78, 5) is 27.9. The Hall–Kier alpha value is -3.73. The normalized spacial score (nSPS) is 13.9. The first-order valence-corrected chi connectivity index (χ1v) is 9.65. The first-order valence-electron chi connectivity index (χ1n) is 9.65. The van der Waals surface area contributed by atoms with Crippen molar-refractivity contribution in [1.82, 2.24) is 0 Å². The quantitative estimate of drug-likeness (QED) is 0.617. The lowest BCUT2D eigenvalue weighted by Crippen LogP contribution is -2.32. The number of aryl methyl sites for hydroxylation is 3. The van der Waals surface area contributed by atoms with Crippen LogP contribution >= 0.6 is 0 Å². The number of imide groups is 1. The van der Waals surface area contributed by atoms with Crippen molar-refractivity contribution >= 4 is 28.8 Å². The lowest BCUT2D eigenvalue weighted by molar-refractivity contribution is -0.120. The summed E-state index contributed by atoms with van der Waals surface area (Å²) in [6.07, 6.45) is 0. The Bertz CT molecular complexity index is 1180. The molecule has 3 aromatic carbocycles. The smallest absolute Gasteiger partial charge is 0.282 e. The molecule has 0 aliphatic carbocycles. The zero-order chi connectivity index (χ0) is 21.4. The topological polar surface area (TPSA) is 49.4 Å². The monoisotopic (exact) mass is 400 g/mol. The molecule has 0 radical (unpaired) electrons. The number of halogens is 1. The van der Waals surface area contributed by atoms with Gasteiger partial charge in [0.1, 0.15) is 11.5 Å². The molecule has 150 valence electrons. The molecule has 0 atom stereocenters. The molecule has 2 amide bonds. The van der Waals surface area contributed by atoms with Gasteiger partial charge in [0.2, 0.25) is 0 Å². The van der Waals surface area contributed by atoms with Gasteiger partial charge < -0.3 is 5.32 Å². The van der Waals surface area contributed by atoms with Crippen LogP contribution < -0.4 is 10.2 Å². The number of anilines is 2. The molecule has 5 heteroatoms. The molecule has 0 saturated heterocycles. The summed E-state index contributed by atoms with van der Waals surface area (Å²) in [6, 6.07) is 18.6. The molecule has 1 aliphatic heterocycles. The van der Waals surface area contributed by atoms with E-state index in [1.807, 2.05) is 51.1 Å². The minimum absolute atomic E-state index is 0.181. The van der Waals surface area contributed by atoms with Crippen LogP contribution in [0.5, 0.6) is 0 Å². The molecular weight excluding hydrogens is 379 g/mol. The summed E-state index contributed by atoms with van der Waals surface area (Å²) in [5, 5.41) is 3.18. The number of amides is 2. The van der Waals surface area contributed by atoms with Crippen molar-refractivity contribution in [2.24, 2.45) is 0 Å². The van der Waals surface area contributed by atoms with Crippen molar-refractivity contribution in [2.75, 3.05) is 10.2 Å². The van der Waals surface area contributed by atoms with Crippen LogP contribution in [0.3, 0.4) is 0 Å². The molecule has 30 heavy (non-hydrogen) atoms. The highest BCUT2D eigenvalue weighted by Crippen LogP contribution is 2.34. The predicted molar refractivity (Wildman–Crippen MR) is 117 cm³/mol. The first kappa shape index (κ1) is 19.6. The maximum atomic E-state index is 13.5. The van der Waals surface area contributed by atoms with E-state index >= 15 is 0 Å². The lowest BCUT2D eigenvalue weighted by Gasteiger charge is -2.16. The maximum absolute atomic E-state index is 13.5. The van der Waals surface area contributed by atoms with Gasteiger partial charge in [-0.2, -0.15) is 0 Å². The van der Waals surface area contributed by atoms with Crippen LogP contribution in [0.1, 0.15) is 22.3 Å². The summed E-state index contributed by atoms with van der Waals surface area (Å²) < 4.78 is 13.5. The van der Waals surface area contributed by atoms with E-state index in [-0.39, 0.29) is 11.3 Å². The van der Waals surface area contributed by atoms with E-state index in [1.165, 1.54) is 24.3 Å². The number of hydrogen-bond donors (Lipinski definition) is 1. The second kappa shape index (κ2) is 7.59. The van der Waals surface area contributed by atoms with Crippen molar-refractivity contribution in [2.45, 2.75) is 20.8 Å². The molecule has 0 bridgehead atoms. The first-order chi connectivity index (χ1) is 14.3. The fourth-order valence-corrected chi connectivity index (χ4v) is 3.46. The van der Waals surface area contributed by atoms with E-state index in [2.05, 4.69) is 5.32 Å². The van der Waals surface area contributed by atoms with Crippen LogP contribution in [0.2, 0.25) is 0 Å². The Morgan fingerprint density at radius 1 is 0.767 bits per heavy atom. The van der Waals surface area contributed by atoms with Gasteiger partial charge in [-0.3, -0.25) is 9.59 Å². The van der Waals surface area contributed by atoms with E-state index in [4.69, 9.17) is 0 Å². The van der Waals surface area contributed by atoms with Crippen molar-refractivity contribution in [3.05, 3.63) is 100 Å². The SMILES string of the molecule is Cc1ccc(N2C(=O)C(Nc3cc(C)ccc3C)=C(c3ccc(F)cc3)C2=O)cc1. The number of nitrogens with zero attached hydrogens (tertiary/aromatic N) is 1. The summed E-state index contributed by atoms with van der Waals surface area (Å²) in [6.45, 7) is 5.83. The van der Waals surface area contributed by atoms with E-state index < -0.39 is 17.6 Å². The molecule has 0 fully saturated rings. The standard InChI is InChI=1S/C25H21FN2O2/c1-15-5-12-20(13-6-15)28-24(29)22(18-8-10-19(26)11-9-18)23(25(28)30)27-21-14-16(2)4-7-17(21)3/h4-14,27H,1-3H3. The number of hydrogen-bond acceptors (Lipinski definition) is 3. The Labute approximate surface area is 174 Å². The molecular formula is C25H21FN2O2. The molecule has 3 aromatic rings. The lowest BCUT2D eigenvalue weighted by atomic mass is 10.0. The van der Waals surface area contributed by atoms with E-state index in [9.17, 15) is 14.0 Å². The number of benzene rings is 3. The van der Waals surface area contributed by atoms with Gasteiger partial charge >= 0.3 is 0 Å². The van der Waals surface area contributed by atoms with Gasteiger partial charge in [0.15, 0.2) is 0 Å². The average molecular weight is 400 g/mol. The van der Waals surface area contributed by atoms with Crippen molar-refractivity contribution in [3.8, 4) is 0 Å². The van der Waals surface area contributed by atoms with Crippen molar-refractivity contribution in [3.63, 3.8) is 0 Å². The summed E-state index contributed by atoms with van der Waals surface area (Å²) >= 11 is 0. The summed E-state index contributed by atoms with van der Waals surface area (Å²) in [5.74, 6) is -1.29. The van der Waals surface area contributed by atoms with Gasteiger partial charge in [0.05, 0.1) is 11.3 Å². The highest BCUT2D eigenvalue weighted by atomic mass is 19.1. The Morgan fingerprint density at radius 3 is 2.07 bits per heavy atom. The van der Waals surface area contributed by atoms with Crippen molar-refractivity contribution < 1.29 is 14.0 Å². The number of carbonyl (C=O) groups is 2. The minimum Gasteiger partial charge on any atom is -0.350 e. The minimum atomic E-state index is -0.441. The molecule has 0 saturated carbocycles. The van der Waals surface area contributed by atoms with Crippen LogP contribution in [-0.4, -0.2) is 11.8 Å². The largest absolute Gasteiger partial charge is 0.350 e.